The van der Waals surface area contributed by atoms with Crippen LogP contribution in [0, 0.1) is 11.7 Å². The molecular formula is C34H43FN6O6. The Balaban J connectivity index is 1.15. The summed E-state index contributed by atoms with van der Waals surface area (Å²) < 4.78 is 23.7. The van der Waals surface area contributed by atoms with Crippen molar-refractivity contribution in [1.82, 2.24) is 28.7 Å². The molecular weight excluding hydrogens is 607 g/mol. The molecule has 3 saturated heterocycles. The summed E-state index contributed by atoms with van der Waals surface area (Å²) in [7, 11) is 3.18. The van der Waals surface area contributed by atoms with Crippen LogP contribution in [-0.4, -0.2) is 104 Å². The van der Waals surface area contributed by atoms with Crippen LogP contribution in [-0.2, 0) is 29.7 Å². The molecule has 12 nitrogen and oxygen atoms in total. The molecule has 1 N–H and O–H groups in total. The number of nitrogens with zero attached hydrogens (tertiary/aromatic N) is 6. The molecule has 0 spiro atoms. The maximum atomic E-state index is 15.8. The molecule has 3 amide bonds. The van der Waals surface area contributed by atoms with E-state index < -0.39 is 29.5 Å². The van der Waals surface area contributed by atoms with E-state index in [0.29, 0.717) is 47.9 Å². The van der Waals surface area contributed by atoms with Crippen LogP contribution in [0.25, 0.3) is 11.0 Å². The number of halogens is 1. The third kappa shape index (κ3) is 6.64. The predicted octanol–water partition coefficient (Wildman–Crippen LogP) is 3.27. The third-order valence-electron chi connectivity index (χ3n) is 10.2. The molecule has 4 heterocycles. The van der Waals surface area contributed by atoms with E-state index in [-0.39, 0.29) is 31.3 Å². The maximum Gasteiger partial charge on any atom is 0.407 e. The van der Waals surface area contributed by atoms with Crippen LogP contribution in [0.3, 0.4) is 0 Å². The van der Waals surface area contributed by atoms with Crippen molar-refractivity contribution in [1.29, 1.82) is 0 Å². The highest BCUT2D eigenvalue weighted by Gasteiger charge is 2.38. The fourth-order valence-electron chi connectivity index (χ4n) is 7.35. The van der Waals surface area contributed by atoms with Crippen LogP contribution in [0.15, 0.2) is 41.2 Å². The number of carbonyl (C=O) groups excluding carboxylic acids is 2. The average molecular weight is 651 g/mol. The van der Waals surface area contributed by atoms with Crippen molar-refractivity contribution in [2.45, 2.75) is 57.8 Å². The van der Waals surface area contributed by atoms with Crippen molar-refractivity contribution >= 4 is 28.9 Å². The van der Waals surface area contributed by atoms with Crippen molar-refractivity contribution < 1.29 is 28.6 Å². The molecule has 3 aliphatic heterocycles. The molecule has 2 atom stereocenters. The number of piperazine rings is 1. The van der Waals surface area contributed by atoms with Crippen molar-refractivity contribution in [2.24, 2.45) is 13.0 Å². The normalized spacial score (nSPS) is 22.0. The fourth-order valence-corrected chi connectivity index (χ4v) is 7.35. The fraction of sp³-hybridized carbons (Fsp3) is 0.529. The van der Waals surface area contributed by atoms with Crippen LogP contribution >= 0.6 is 0 Å². The highest BCUT2D eigenvalue weighted by atomic mass is 19.1. The van der Waals surface area contributed by atoms with E-state index in [1.807, 2.05) is 0 Å². The lowest BCUT2D eigenvalue weighted by Gasteiger charge is -2.42. The number of imide groups is 1. The highest BCUT2D eigenvalue weighted by molar-refractivity contribution is 6.00. The number of piperidine rings is 2. The molecule has 0 bridgehead atoms. The molecule has 6 rings (SSSR count). The Morgan fingerprint density at radius 1 is 0.979 bits per heavy atom. The first-order valence-electron chi connectivity index (χ1n) is 16.3. The van der Waals surface area contributed by atoms with E-state index in [4.69, 9.17) is 4.74 Å². The summed E-state index contributed by atoms with van der Waals surface area (Å²) in [5.74, 6) is -0.0903. The summed E-state index contributed by atoms with van der Waals surface area (Å²) in [6.45, 7) is 7.10. The van der Waals surface area contributed by atoms with E-state index in [1.165, 1.54) is 25.0 Å². The second-order valence-corrected chi connectivity index (χ2v) is 13.2. The van der Waals surface area contributed by atoms with Gasteiger partial charge in [-0.1, -0.05) is 12.1 Å². The Kier molecular flexibility index (Phi) is 9.38. The van der Waals surface area contributed by atoms with Crippen LogP contribution in [0.1, 0.15) is 49.8 Å². The topological polar surface area (TPSA) is 121 Å². The van der Waals surface area contributed by atoms with Crippen molar-refractivity contribution in [3.63, 3.8) is 0 Å². The first-order chi connectivity index (χ1) is 22.5. The van der Waals surface area contributed by atoms with Gasteiger partial charge in [0.15, 0.2) is 0 Å². The van der Waals surface area contributed by atoms with Crippen molar-refractivity contribution in [3.05, 3.63) is 63.8 Å². The van der Waals surface area contributed by atoms with Crippen LogP contribution in [0.5, 0.6) is 5.75 Å². The summed E-state index contributed by atoms with van der Waals surface area (Å²) in [4.78, 5) is 58.6. The maximum absolute atomic E-state index is 15.8. The minimum atomic E-state index is -0.919. The number of carbonyl (C=O) groups is 3. The number of carboxylic acid groups (broad SMARTS) is 1. The number of aromatic nitrogens is 2. The molecule has 252 valence electrons. The first kappa shape index (κ1) is 32.7. The number of imidazole rings is 1. The Bertz CT molecular complexity index is 1710. The van der Waals surface area contributed by atoms with E-state index in [9.17, 15) is 24.3 Å². The molecule has 1 aromatic heterocycles. The van der Waals surface area contributed by atoms with Gasteiger partial charge in [-0.25, -0.2) is 14.0 Å². The van der Waals surface area contributed by atoms with Crippen molar-refractivity contribution in [3.8, 4) is 5.75 Å². The summed E-state index contributed by atoms with van der Waals surface area (Å²) >= 11 is 0. The molecule has 3 fully saturated rings. The number of hydrogen-bond acceptors (Lipinski definition) is 7. The zero-order valence-corrected chi connectivity index (χ0v) is 27.2. The molecule has 2 aromatic carbocycles. The van der Waals surface area contributed by atoms with Crippen LogP contribution < -0.4 is 10.4 Å². The molecule has 3 aromatic rings. The molecule has 0 radical (unpaired) electrons. The number of ether oxygens (including phenoxy) is 1. The summed E-state index contributed by atoms with van der Waals surface area (Å²) in [6, 6.07) is 9.51. The molecule has 47 heavy (non-hydrogen) atoms. The monoisotopic (exact) mass is 650 g/mol. The lowest BCUT2D eigenvalue weighted by Crippen LogP contribution is -2.53. The minimum absolute atomic E-state index is 0.0753. The second-order valence-electron chi connectivity index (χ2n) is 13.2. The van der Waals surface area contributed by atoms with E-state index in [0.717, 1.165) is 44.6 Å². The quantitative estimate of drug-likeness (QED) is 0.369. The van der Waals surface area contributed by atoms with Gasteiger partial charge in [-0.2, -0.15) is 0 Å². The largest absolute Gasteiger partial charge is 0.497 e. The lowest BCUT2D eigenvalue weighted by molar-refractivity contribution is -0.151. The van der Waals surface area contributed by atoms with Gasteiger partial charge in [0.1, 0.15) is 17.6 Å². The van der Waals surface area contributed by atoms with Gasteiger partial charge >= 0.3 is 11.8 Å². The Labute approximate surface area is 272 Å². The van der Waals surface area contributed by atoms with Gasteiger partial charge in [0.05, 0.1) is 24.7 Å². The van der Waals surface area contributed by atoms with Gasteiger partial charge in [-0.05, 0) is 55.9 Å². The number of benzene rings is 2. The standard InChI is InChI=1S/C34H43FN6O6/c1-22-18-37(14-15-39(22)19-24-10-12-38(13-11-24)34(45)46)21-25-16-29-30(17-27(25)35)41(33(44)36(29)2)28-8-9-31(42)40(32(28)43)20-23-4-6-26(47-3)7-5-23/h4-7,16-17,22,24,28H,8-15,18-21H2,1-3H3,(H,45,46)/t22-,28?/m0/s1. The van der Waals surface area contributed by atoms with Gasteiger partial charge in [-0.3, -0.25) is 33.4 Å². The summed E-state index contributed by atoms with van der Waals surface area (Å²) in [5, 5.41) is 9.23. The molecule has 3 aliphatic rings. The van der Waals surface area contributed by atoms with Crippen LogP contribution in [0.2, 0.25) is 0 Å². The molecule has 1 unspecified atom stereocenters. The number of aryl methyl sites for hydroxylation is 1. The molecule has 0 aliphatic carbocycles. The van der Waals surface area contributed by atoms with Gasteiger partial charge in [0, 0.05) is 77.0 Å². The van der Waals surface area contributed by atoms with Gasteiger partial charge < -0.3 is 14.7 Å². The van der Waals surface area contributed by atoms with Gasteiger partial charge in [0.2, 0.25) is 5.91 Å². The Morgan fingerprint density at radius 2 is 1.70 bits per heavy atom. The summed E-state index contributed by atoms with van der Waals surface area (Å²) in [6.07, 6.45) is 1.15. The summed E-state index contributed by atoms with van der Waals surface area (Å²) in [5.41, 5.74) is 1.69. The number of likely N-dealkylation sites (tertiary alicyclic amines) is 2. The van der Waals surface area contributed by atoms with Crippen molar-refractivity contribution in [2.75, 3.05) is 46.4 Å². The predicted molar refractivity (Wildman–Crippen MR) is 173 cm³/mol. The highest BCUT2D eigenvalue weighted by Crippen LogP contribution is 2.30. The van der Waals surface area contributed by atoms with Gasteiger partial charge in [-0.15, -0.1) is 0 Å². The number of amides is 3. The Hall–Kier alpha value is -4.23. The molecule has 13 heteroatoms. The molecule has 0 saturated carbocycles. The SMILES string of the molecule is COc1ccc(CN2C(=O)CCC(n3c(=O)n(C)c4cc(CN5CCN(CC6CCN(C(=O)O)CC6)[C@@H](C)C5)c(F)cc43)C2=O)cc1. The van der Waals surface area contributed by atoms with Crippen LogP contribution in [0.4, 0.5) is 9.18 Å². The minimum Gasteiger partial charge on any atom is -0.497 e. The van der Waals surface area contributed by atoms with Gasteiger partial charge in [0.25, 0.3) is 5.91 Å². The smallest absolute Gasteiger partial charge is 0.407 e. The second kappa shape index (κ2) is 13.5. The Morgan fingerprint density at radius 3 is 2.36 bits per heavy atom. The average Bonchev–Trinajstić information content (AvgIpc) is 3.29. The zero-order chi connectivity index (χ0) is 33.4. The first-order valence-corrected chi connectivity index (χ1v) is 16.3. The number of methoxy groups -OCH3 is 1. The third-order valence-corrected chi connectivity index (χ3v) is 10.2. The van der Waals surface area contributed by atoms with E-state index >= 15 is 4.39 Å². The lowest BCUT2D eigenvalue weighted by atomic mass is 9.95. The zero-order valence-electron chi connectivity index (χ0n) is 27.2. The van der Waals surface area contributed by atoms with E-state index in [2.05, 4.69) is 16.7 Å². The number of hydrogen-bond donors (Lipinski definition) is 1. The van der Waals surface area contributed by atoms with E-state index in [1.54, 1.807) is 44.5 Å². The number of rotatable bonds is 8. The number of fused-ring (bicyclic) bond motifs is 1.